The van der Waals surface area contributed by atoms with Crippen LogP contribution in [0.25, 0.3) is 11.5 Å². The van der Waals surface area contributed by atoms with E-state index in [-0.39, 0.29) is 0 Å². The zero-order valence-corrected chi connectivity index (χ0v) is 14.4. The number of para-hydroxylation sites is 1. The van der Waals surface area contributed by atoms with E-state index in [0.717, 1.165) is 23.6 Å². The molecule has 1 aromatic heterocycles. The van der Waals surface area contributed by atoms with Gasteiger partial charge in [-0.2, -0.15) is 0 Å². The summed E-state index contributed by atoms with van der Waals surface area (Å²) in [6, 6.07) is 17.3. The largest absolute Gasteiger partial charge is 0.497 e. The van der Waals surface area contributed by atoms with E-state index in [9.17, 15) is 0 Å². The van der Waals surface area contributed by atoms with Crippen LogP contribution < -0.4 is 9.47 Å². The molecule has 0 aliphatic heterocycles. The first-order valence-corrected chi connectivity index (χ1v) is 8.08. The van der Waals surface area contributed by atoms with E-state index in [1.807, 2.05) is 61.6 Å². The molecule has 2 aromatic carbocycles. The lowest BCUT2D eigenvalue weighted by atomic mass is 10.2. The van der Waals surface area contributed by atoms with Gasteiger partial charge < -0.3 is 13.9 Å². The second kappa shape index (κ2) is 8.30. The van der Waals surface area contributed by atoms with Gasteiger partial charge in [0.2, 0.25) is 11.8 Å². The topological polar surface area (TPSA) is 60.6 Å². The van der Waals surface area contributed by atoms with Crippen LogP contribution in [0, 0.1) is 0 Å². The van der Waals surface area contributed by atoms with E-state index in [0.29, 0.717) is 24.9 Å². The Bertz CT molecular complexity index is 772. The Morgan fingerprint density at radius 1 is 0.960 bits per heavy atom. The van der Waals surface area contributed by atoms with Crippen molar-refractivity contribution >= 4 is 0 Å². The lowest BCUT2D eigenvalue weighted by molar-refractivity contribution is 0.220. The number of methoxy groups -OCH3 is 1. The average Bonchev–Trinajstić information content (AvgIpc) is 3.11. The minimum Gasteiger partial charge on any atom is -0.497 e. The lowest BCUT2D eigenvalue weighted by Crippen LogP contribution is -2.24. The summed E-state index contributed by atoms with van der Waals surface area (Å²) in [6.07, 6.45) is 0. The van der Waals surface area contributed by atoms with E-state index in [2.05, 4.69) is 15.1 Å². The summed E-state index contributed by atoms with van der Waals surface area (Å²) in [5.41, 5.74) is 0.870. The Kier molecular flexibility index (Phi) is 5.64. The number of aromatic nitrogens is 2. The lowest BCUT2D eigenvalue weighted by Gasteiger charge is -2.14. The average molecular weight is 339 g/mol. The van der Waals surface area contributed by atoms with Gasteiger partial charge in [0, 0.05) is 12.1 Å². The minimum atomic E-state index is 0.506. The van der Waals surface area contributed by atoms with Crippen molar-refractivity contribution < 1.29 is 13.9 Å². The number of hydrogen-bond donors (Lipinski definition) is 0. The van der Waals surface area contributed by atoms with E-state index >= 15 is 0 Å². The second-order valence-electron chi connectivity index (χ2n) is 5.63. The van der Waals surface area contributed by atoms with Crippen LogP contribution in [0.3, 0.4) is 0 Å². The molecule has 1 heterocycles. The van der Waals surface area contributed by atoms with Crippen molar-refractivity contribution in [3.63, 3.8) is 0 Å². The summed E-state index contributed by atoms with van der Waals surface area (Å²) < 4.78 is 16.6. The highest BCUT2D eigenvalue weighted by Gasteiger charge is 2.11. The molecule has 0 N–H and O–H groups in total. The number of rotatable bonds is 8. The maximum atomic E-state index is 5.73. The first kappa shape index (κ1) is 17.0. The standard InChI is InChI=1S/C19H21N3O3/c1-22(12-13-24-17-6-4-3-5-7-17)14-18-20-21-19(25-18)15-8-10-16(23-2)11-9-15/h3-11H,12-14H2,1-2H3. The van der Waals surface area contributed by atoms with Gasteiger partial charge in [0.15, 0.2) is 0 Å². The zero-order chi connectivity index (χ0) is 17.5. The fourth-order valence-electron chi connectivity index (χ4n) is 2.31. The van der Waals surface area contributed by atoms with Crippen LogP contribution in [0.2, 0.25) is 0 Å². The highest BCUT2D eigenvalue weighted by molar-refractivity contribution is 5.53. The fraction of sp³-hybridized carbons (Fsp3) is 0.263. The first-order valence-electron chi connectivity index (χ1n) is 8.08. The highest BCUT2D eigenvalue weighted by Crippen LogP contribution is 2.21. The van der Waals surface area contributed by atoms with Gasteiger partial charge in [0.05, 0.1) is 13.7 Å². The number of benzene rings is 2. The van der Waals surface area contributed by atoms with Gasteiger partial charge in [0.1, 0.15) is 18.1 Å². The summed E-state index contributed by atoms with van der Waals surface area (Å²) >= 11 is 0. The van der Waals surface area contributed by atoms with Crippen LogP contribution in [0.1, 0.15) is 5.89 Å². The van der Waals surface area contributed by atoms with Crippen molar-refractivity contribution in [2.24, 2.45) is 0 Å². The van der Waals surface area contributed by atoms with Crippen molar-refractivity contribution in [2.75, 3.05) is 27.3 Å². The van der Waals surface area contributed by atoms with Crippen LogP contribution >= 0.6 is 0 Å². The predicted octanol–water partition coefficient (Wildman–Crippen LogP) is 3.26. The molecule has 0 atom stereocenters. The molecular weight excluding hydrogens is 318 g/mol. The van der Waals surface area contributed by atoms with Crippen molar-refractivity contribution in [1.29, 1.82) is 0 Å². The van der Waals surface area contributed by atoms with Gasteiger partial charge in [-0.1, -0.05) is 18.2 Å². The third-order valence-electron chi connectivity index (χ3n) is 3.69. The fourth-order valence-corrected chi connectivity index (χ4v) is 2.31. The maximum absolute atomic E-state index is 5.73. The Morgan fingerprint density at radius 3 is 2.44 bits per heavy atom. The van der Waals surface area contributed by atoms with E-state index in [1.165, 1.54) is 0 Å². The Balaban J connectivity index is 1.50. The molecule has 0 fully saturated rings. The number of hydrogen-bond acceptors (Lipinski definition) is 6. The van der Waals surface area contributed by atoms with Crippen molar-refractivity contribution in [1.82, 2.24) is 15.1 Å². The second-order valence-corrected chi connectivity index (χ2v) is 5.63. The SMILES string of the molecule is COc1ccc(-c2nnc(CN(C)CCOc3ccccc3)o2)cc1. The Morgan fingerprint density at radius 2 is 1.72 bits per heavy atom. The maximum Gasteiger partial charge on any atom is 0.247 e. The third kappa shape index (κ3) is 4.81. The van der Waals surface area contributed by atoms with Gasteiger partial charge in [-0.05, 0) is 43.4 Å². The van der Waals surface area contributed by atoms with Crippen LogP contribution in [-0.2, 0) is 6.54 Å². The summed E-state index contributed by atoms with van der Waals surface area (Å²) in [4.78, 5) is 2.08. The smallest absolute Gasteiger partial charge is 0.247 e. The molecule has 0 aliphatic rings. The molecule has 0 bridgehead atoms. The molecule has 0 saturated carbocycles. The molecule has 0 saturated heterocycles. The van der Waals surface area contributed by atoms with Crippen molar-refractivity contribution in [3.8, 4) is 23.0 Å². The van der Waals surface area contributed by atoms with E-state index < -0.39 is 0 Å². The molecule has 6 nitrogen and oxygen atoms in total. The molecular formula is C19H21N3O3. The van der Waals surface area contributed by atoms with Crippen molar-refractivity contribution in [2.45, 2.75) is 6.54 Å². The number of ether oxygens (including phenoxy) is 2. The van der Waals surface area contributed by atoms with Crippen molar-refractivity contribution in [3.05, 3.63) is 60.5 Å². The van der Waals surface area contributed by atoms with E-state index in [1.54, 1.807) is 7.11 Å². The molecule has 0 radical (unpaired) electrons. The predicted molar refractivity (Wildman–Crippen MR) is 94.6 cm³/mol. The molecule has 3 rings (SSSR count). The van der Waals surface area contributed by atoms with E-state index in [4.69, 9.17) is 13.9 Å². The molecule has 0 amide bonds. The van der Waals surface area contributed by atoms with Crippen LogP contribution in [0.15, 0.2) is 59.0 Å². The molecule has 0 aliphatic carbocycles. The van der Waals surface area contributed by atoms with Gasteiger partial charge in [-0.3, -0.25) is 4.90 Å². The monoisotopic (exact) mass is 339 g/mol. The van der Waals surface area contributed by atoms with Gasteiger partial charge in [-0.15, -0.1) is 10.2 Å². The number of nitrogens with zero attached hydrogens (tertiary/aromatic N) is 3. The summed E-state index contributed by atoms with van der Waals surface area (Å²) in [6.45, 7) is 1.93. The third-order valence-corrected chi connectivity index (χ3v) is 3.69. The molecule has 130 valence electrons. The summed E-state index contributed by atoms with van der Waals surface area (Å²) in [7, 11) is 3.63. The molecule has 3 aromatic rings. The van der Waals surface area contributed by atoms with Gasteiger partial charge in [-0.25, -0.2) is 0 Å². The minimum absolute atomic E-state index is 0.506. The summed E-state index contributed by atoms with van der Waals surface area (Å²) in [5, 5.41) is 8.22. The number of likely N-dealkylation sites (N-methyl/N-ethyl adjacent to an activating group) is 1. The quantitative estimate of drug-likeness (QED) is 0.628. The van der Waals surface area contributed by atoms with Crippen LogP contribution in [-0.4, -0.2) is 42.4 Å². The highest BCUT2D eigenvalue weighted by atomic mass is 16.5. The van der Waals surface area contributed by atoms with Gasteiger partial charge >= 0.3 is 0 Å². The first-order chi connectivity index (χ1) is 12.2. The Hall–Kier alpha value is -2.86. The summed E-state index contributed by atoms with van der Waals surface area (Å²) in [5.74, 6) is 2.75. The zero-order valence-electron chi connectivity index (χ0n) is 14.4. The van der Waals surface area contributed by atoms with Gasteiger partial charge in [0.25, 0.3) is 0 Å². The normalized spacial score (nSPS) is 10.8. The van der Waals surface area contributed by atoms with Crippen LogP contribution in [0.5, 0.6) is 11.5 Å². The molecule has 6 heteroatoms. The Labute approximate surface area is 147 Å². The van der Waals surface area contributed by atoms with Crippen LogP contribution in [0.4, 0.5) is 0 Å². The molecule has 25 heavy (non-hydrogen) atoms. The molecule has 0 spiro atoms. The molecule has 0 unspecified atom stereocenters.